The standard InChI is InChI=1S/C12H12O5/c1-2-10(14)7-3-4-8(6-13)9(5-7)11(15)12(16)17/h3-6,11,15H,2H2,1H3,(H,16,17). The normalized spacial score (nSPS) is 11.9. The third kappa shape index (κ3) is 2.76. The van der Waals surface area contributed by atoms with Crippen molar-refractivity contribution in [1.82, 2.24) is 0 Å². The Kier molecular flexibility index (Phi) is 4.12. The first-order chi connectivity index (χ1) is 8.01. The minimum atomic E-state index is -1.81. The highest BCUT2D eigenvalue weighted by molar-refractivity contribution is 5.97. The lowest BCUT2D eigenvalue weighted by molar-refractivity contribution is -0.146. The molecule has 1 unspecified atom stereocenters. The number of ketones is 1. The van der Waals surface area contributed by atoms with Crippen molar-refractivity contribution in [3.63, 3.8) is 0 Å². The molecule has 5 heteroatoms. The van der Waals surface area contributed by atoms with Crippen molar-refractivity contribution in [2.75, 3.05) is 0 Å². The molecule has 0 aliphatic heterocycles. The Balaban J connectivity index is 3.29. The number of carbonyl (C=O) groups excluding carboxylic acids is 2. The minimum Gasteiger partial charge on any atom is -0.479 e. The van der Waals surface area contributed by atoms with Gasteiger partial charge in [-0.25, -0.2) is 4.79 Å². The summed E-state index contributed by atoms with van der Waals surface area (Å²) in [6, 6.07) is 4.01. The van der Waals surface area contributed by atoms with Gasteiger partial charge in [-0.2, -0.15) is 0 Å². The number of carbonyl (C=O) groups is 3. The van der Waals surface area contributed by atoms with Crippen LogP contribution >= 0.6 is 0 Å². The van der Waals surface area contributed by atoms with Crippen molar-refractivity contribution in [1.29, 1.82) is 0 Å². The van der Waals surface area contributed by atoms with Crippen LogP contribution in [0.25, 0.3) is 0 Å². The molecule has 1 aromatic carbocycles. The van der Waals surface area contributed by atoms with Gasteiger partial charge in [-0.15, -0.1) is 0 Å². The highest BCUT2D eigenvalue weighted by atomic mass is 16.4. The Labute approximate surface area is 97.7 Å². The number of benzene rings is 1. The molecule has 0 spiro atoms. The molecule has 5 nitrogen and oxygen atoms in total. The second-order valence-corrected chi connectivity index (χ2v) is 3.48. The highest BCUT2D eigenvalue weighted by Gasteiger charge is 2.20. The SMILES string of the molecule is CCC(=O)c1ccc(C=O)c(C(O)C(=O)O)c1. The van der Waals surface area contributed by atoms with Crippen LogP contribution < -0.4 is 0 Å². The van der Waals surface area contributed by atoms with Crippen molar-refractivity contribution in [3.8, 4) is 0 Å². The third-order valence-corrected chi connectivity index (χ3v) is 2.39. The second kappa shape index (κ2) is 5.36. The zero-order chi connectivity index (χ0) is 13.0. The van der Waals surface area contributed by atoms with Gasteiger partial charge in [0, 0.05) is 23.1 Å². The van der Waals surface area contributed by atoms with E-state index in [1.54, 1.807) is 6.92 Å². The molecular weight excluding hydrogens is 224 g/mol. The average Bonchev–Trinajstić information content (AvgIpc) is 2.35. The summed E-state index contributed by atoms with van der Waals surface area (Å²) < 4.78 is 0. The van der Waals surface area contributed by atoms with Crippen LogP contribution in [0.1, 0.15) is 45.7 Å². The van der Waals surface area contributed by atoms with E-state index in [4.69, 9.17) is 5.11 Å². The van der Waals surface area contributed by atoms with E-state index in [9.17, 15) is 19.5 Å². The molecule has 90 valence electrons. The molecule has 0 amide bonds. The Morgan fingerprint density at radius 1 is 1.41 bits per heavy atom. The number of carboxylic acid groups (broad SMARTS) is 1. The molecule has 0 aliphatic rings. The fraction of sp³-hybridized carbons (Fsp3) is 0.250. The summed E-state index contributed by atoms with van der Waals surface area (Å²) in [4.78, 5) is 32.8. The van der Waals surface area contributed by atoms with Gasteiger partial charge in [-0.1, -0.05) is 19.1 Å². The van der Waals surface area contributed by atoms with E-state index in [-0.39, 0.29) is 28.9 Å². The zero-order valence-electron chi connectivity index (χ0n) is 9.21. The van der Waals surface area contributed by atoms with E-state index >= 15 is 0 Å². The molecule has 1 atom stereocenters. The van der Waals surface area contributed by atoms with Crippen LogP contribution in [0.2, 0.25) is 0 Å². The number of aldehydes is 1. The number of aliphatic carboxylic acids is 1. The van der Waals surface area contributed by atoms with Crippen LogP contribution in [0.3, 0.4) is 0 Å². The van der Waals surface area contributed by atoms with Crippen molar-refractivity contribution in [2.24, 2.45) is 0 Å². The summed E-state index contributed by atoms with van der Waals surface area (Å²) in [6.45, 7) is 1.67. The van der Waals surface area contributed by atoms with E-state index in [0.717, 1.165) is 0 Å². The van der Waals surface area contributed by atoms with Gasteiger partial charge in [-0.05, 0) is 6.07 Å². The topological polar surface area (TPSA) is 91.7 Å². The molecule has 1 rings (SSSR count). The van der Waals surface area contributed by atoms with Gasteiger partial charge in [0.2, 0.25) is 0 Å². The van der Waals surface area contributed by atoms with Gasteiger partial charge in [0.05, 0.1) is 0 Å². The number of hydrogen-bond donors (Lipinski definition) is 2. The average molecular weight is 236 g/mol. The maximum absolute atomic E-state index is 11.4. The number of Topliss-reactive ketones (excluding diaryl/α,β-unsaturated/α-hetero) is 1. The van der Waals surface area contributed by atoms with E-state index < -0.39 is 12.1 Å². The monoisotopic (exact) mass is 236 g/mol. The molecule has 17 heavy (non-hydrogen) atoms. The van der Waals surface area contributed by atoms with Crippen LogP contribution in [0.5, 0.6) is 0 Å². The van der Waals surface area contributed by atoms with Crippen LogP contribution in [0.15, 0.2) is 18.2 Å². The summed E-state index contributed by atoms with van der Waals surface area (Å²) in [6.07, 6.45) is -1.09. The molecule has 1 aromatic rings. The van der Waals surface area contributed by atoms with Gasteiger partial charge in [0.25, 0.3) is 0 Å². The Morgan fingerprint density at radius 2 is 2.06 bits per heavy atom. The smallest absolute Gasteiger partial charge is 0.337 e. The summed E-state index contributed by atoms with van der Waals surface area (Å²) in [5.41, 5.74) is 0.285. The first kappa shape index (κ1) is 13.1. The van der Waals surface area contributed by atoms with Gasteiger partial charge in [0.1, 0.15) is 6.29 Å². The largest absolute Gasteiger partial charge is 0.479 e. The number of aliphatic hydroxyl groups is 1. The van der Waals surface area contributed by atoms with Crippen molar-refractivity contribution < 1.29 is 24.6 Å². The molecule has 2 N–H and O–H groups in total. The summed E-state index contributed by atoms with van der Waals surface area (Å²) in [5.74, 6) is -1.64. The van der Waals surface area contributed by atoms with E-state index in [0.29, 0.717) is 6.29 Å². The van der Waals surface area contributed by atoms with Gasteiger partial charge in [0.15, 0.2) is 11.9 Å². The van der Waals surface area contributed by atoms with Crippen LogP contribution in [0.4, 0.5) is 0 Å². The van der Waals surface area contributed by atoms with Crippen molar-refractivity contribution >= 4 is 18.0 Å². The fourth-order valence-electron chi connectivity index (χ4n) is 1.43. The van der Waals surface area contributed by atoms with Gasteiger partial charge >= 0.3 is 5.97 Å². The summed E-state index contributed by atoms with van der Waals surface area (Å²) >= 11 is 0. The van der Waals surface area contributed by atoms with E-state index in [1.165, 1.54) is 18.2 Å². The Morgan fingerprint density at radius 3 is 2.53 bits per heavy atom. The predicted octanol–water partition coefficient (Wildman–Crippen LogP) is 1.21. The molecule has 0 radical (unpaired) electrons. The number of carboxylic acids is 1. The molecule has 0 aliphatic carbocycles. The first-order valence-electron chi connectivity index (χ1n) is 5.04. The maximum atomic E-state index is 11.4. The van der Waals surface area contributed by atoms with Crippen LogP contribution in [-0.4, -0.2) is 28.3 Å². The first-order valence-corrected chi connectivity index (χ1v) is 5.04. The lowest BCUT2D eigenvalue weighted by atomic mass is 9.97. The quantitative estimate of drug-likeness (QED) is 0.592. The Hall–Kier alpha value is -2.01. The van der Waals surface area contributed by atoms with Gasteiger partial charge < -0.3 is 10.2 Å². The molecule has 0 heterocycles. The number of aliphatic hydroxyl groups excluding tert-OH is 1. The maximum Gasteiger partial charge on any atom is 0.337 e. The van der Waals surface area contributed by atoms with Crippen molar-refractivity contribution in [2.45, 2.75) is 19.4 Å². The molecule has 0 fully saturated rings. The summed E-state index contributed by atoms with van der Waals surface area (Å²) in [5, 5.41) is 18.1. The van der Waals surface area contributed by atoms with Crippen molar-refractivity contribution in [3.05, 3.63) is 34.9 Å². The van der Waals surface area contributed by atoms with Crippen LogP contribution in [-0.2, 0) is 4.79 Å². The summed E-state index contributed by atoms with van der Waals surface area (Å²) in [7, 11) is 0. The number of hydrogen-bond acceptors (Lipinski definition) is 4. The molecule has 0 saturated carbocycles. The highest BCUT2D eigenvalue weighted by Crippen LogP contribution is 2.20. The predicted molar refractivity (Wildman–Crippen MR) is 59.0 cm³/mol. The van der Waals surface area contributed by atoms with Crippen LogP contribution in [0, 0.1) is 0 Å². The molecule has 0 saturated heterocycles. The second-order valence-electron chi connectivity index (χ2n) is 3.48. The number of rotatable bonds is 5. The third-order valence-electron chi connectivity index (χ3n) is 2.39. The van der Waals surface area contributed by atoms with E-state index in [1.807, 2.05) is 0 Å². The van der Waals surface area contributed by atoms with E-state index in [2.05, 4.69) is 0 Å². The lowest BCUT2D eigenvalue weighted by Crippen LogP contribution is -2.13. The Bertz CT molecular complexity index is 464. The minimum absolute atomic E-state index is 0.0625. The lowest BCUT2D eigenvalue weighted by Gasteiger charge is -2.10. The van der Waals surface area contributed by atoms with Gasteiger partial charge in [-0.3, -0.25) is 9.59 Å². The fourth-order valence-corrected chi connectivity index (χ4v) is 1.43. The zero-order valence-corrected chi connectivity index (χ0v) is 9.21. The molecular formula is C12H12O5. The molecule has 0 bridgehead atoms. The molecule has 0 aromatic heterocycles.